The number of carbonyl (C=O) groups excluding carboxylic acids is 2. The molecular formula is C22H45N3O3. The summed E-state index contributed by atoms with van der Waals surface area (Å²) in [5.74, 6) is -0.184. The Hall–Kier alpha value is -1.30. The van der Waals surface area contributed by atoms with Gasteiger partial charge in [-0.15, -0.1) is 0 Å². The molecule has 0 fully saturated rings. The molecule has 28 heavy (non-hydrogen) atoms. The molecule has 0 rings (SSSR count). The molecule has 0 unspecified atom stereocenters. The van der Waals surface area contributed by atoms with Crippen LogP contribution in [0.5, 0.6) is 0 Å². The van der Waals surface area contributed by atoms with E-state index in [1.165, 1.54) is 24.2 Å². The number of nitrogens with one attached hydrogen (secondary N) is 1. The minimum atomic E-state index is -0.684. The molecule has 0 aromatic rings. The molecule has 2 amide bonds. The van der Waals surface area contributed by atoms with E-state index in [0.29, 0.717) is 13.1 Å². The van der Waals surface area contributed by atoms with Crippen molar-refractivity contribution in [2.45, 2.75) is 110 Å². The van der Waals surface area contributed by atoms with Crippen LogP contribution in [0.25, 0.3) is 0 Å². The summed E-state index contributed by atoms with van der Waals surface area (Å²) in [6.45, 7) is 11.1. The van der Waals surface area contributed by atoms with Crippen LogP contribution < -0.4 is 11.1 Å². The predicted octanol–water partition coefficient (Wildman–Crippen LogP) is 4.61. The molecule has 166 valence electrons. The van der Waals surface area contributed by atoms with E-state index in [1.54, 1.807) is 0 Å². The highest BCUT2D eigenvalue weighted by Crippen LogP contribution is 2.14. The van der Waals surface area contributed by atoms with E-state index in [0.717, 1.165) is 44.9 Å². The van der Waals surface area contributed by atoms with E-state index < -0.39 is 17.7 Å². The molecule has 0 aliphatic heterocycles. The minimum Gasteiger partial charge on any atom is -0.444 e. The van der Waals surface area contributed by atoms with Gasteiger partial charge in [-0.25, -0.2) is 4.79 Å². The van der Waals surface area contributed by atoms with Crippen molar-refractivity contribution in [2.75, 3.05) is 19.6 Å². The summed E-state index contributed by atoms with van der Waals surface area (Å²) in [6, 6.07) is -0.684. The third-order valence-corrected chi connectivity index (χ3v) is 4.61. The second-order valence-corrected chi connectivity index (χ2v) is 8.54. The molecule has 0 aliphatic carbocycles. The number of hydrogen-bond acceptors (Lipinski definition) is 4. The lowest BCUT2D eigenvalue weighted by Crippen LogP contribution is -2.54. The molecule has 3 N–H and O–H groups in total. The summed E-state index contributed by atoms with van der Waals surface area (Å²) in [4.78, 5) is 26.9. The second kappa shape index (κ2) is 15.6. The lowest BCUT2D eigenvalue weighted by Gasteiger charge is -2.32. The zero-order valence-corrected chi connectivity index (χ0v) is 19.0. The molecule has 0 aromatic heterocycles. The Morgan fingerprint density at radius 2 is 1.46 bits per heavy atom. The Kier molecular flexibility index (Phi) is 14.9. The number of ether oxygens (including phenoxy) is 1. The Bertz CT molecular complexity index is 422. The zero-order chi connectivity index (χ0) is 21.4. The Labute approximate surface area is 172 Å². The summed E-state index contributed by atoms with van der Waals surface area (Å²) in [5.41, 5.74) is 5.28. The van der Waals surface area contributed by atoms with Crippen LogP contribution in [0.2, 0.25) is 0 Å². The average Bonchev–Trinajstić information content (AvgIpc) is 2.61. The Morgan fingerprint density at radius 3 is 2.00 bits per heavy atom. The monoisotopic (exact) mass is 399 g/mol. The van der Waals surface area contributed by atoms with Gasteiger partial charge in [0.25, 0.3) is 0 Å². The molecule has 0 bridgehead atoms. The van der Waals surface area contributed by atoms with Gasteiger partial charge in [0, 0.05) is 19.6 Å². The van der Waals surface area contributed by atoms with Crippen molar-refractivity contribution < 1.29 is 14.3 Å². The molecule has 6 heteroatoms. The fraction of sp³-hybridized carbons (Fsp3) is 0.909. The van der Waals surface area contributed by atoms with Gasteiger partial charge in [0.15, 0.2) is 0 Å². The van der Waals surface area contributed by atoms with Crippen molar-refractivity contribution in [3.63, 3.8) is 0 Å². The lowest BCUT2D eigenvalue weighted by molar-refractivity contribution is -0.126. The Balaban J connectivity index is 4.80. The number of nitrogens with zero attached hydrogens (tertiary/aromatic N) is 1. The molecule has 0 radical (unpaired) electrons. The summed E-state index contributed by atoms with van der Waals surface area (Å²) >= 11 is 0. The molecule has 0 aromatic carbocycles. The average molecular weight is 400 g/mol. The topological polar surface area (TPSA) is 84.7 Å². The van der Waals surface area contributed by atoms with E-state index >= 15 is 0 Å². The number of carbonyl (C=O) groups is 2. The standard InChI is InChI=1S/C22H45N3O3/c1-6-8-10-12-13-15-17-25(21(27)28-22(3,4)5)19(18-23)20(26)24-16-14-11-9-7-2/h19H,6-18,23H2,1-5H3,(H,24,26)/t19-/m0/s1. The summed E-state index contributed by atoms with van der Waals surface area (Å²) in [6.07, 6.45) is 10.6. The van der Waals surface area contributed by atoms with E-state index in [4.69, 9.17) is 10.5 Å². The first-order valence-electron chi connectivity index (χ1n) is 11.2. The van der Waals surface area contributed by atoms with Crippen molar-refractivity contribution in [3.05, 3.63) is 0 Å². The first-order chi connectivity index (χ1) is 13.3. The van der Waals surface area contributed by atoms with Crippen LogP contribution in [0.3, 0.4) is 0 Å². The predicted molar refractivity (Wildman–Crippen MR) is 116 cm³/mol. The van der Waals surface area contributed by atoms with Gasteiger partial charge in [-0.05, 0) is 33.6 Å². The highest BCUT2D eigenvalue weighted by molar-refractivity contribution is 5.86. The number of unbranched alkanes of at least 4 members (excludes halogenated alkanes) is 8. The van der Waals surface area contributed by atoms with Crippen molar-refractivity contribution in [1.82, 2.24) is 10.2 Å². The maximum atomic E-state index is 12.7. The van der Waals surface area contributed by atoms with Gasteiger partial charge in [0.05, 0.1) is 0 Å². The smallest absolute Gasteiger partial charge is 0.411 e. The van der Waals surface area contributed by atoms with Crippen LogP contribution in [0.4, 0.5) is 4.79 Å². The van der Waals surface area contributed by atoms with Gasteiger partial charge in [-0.3, -0.25) is 9.69 Å². The second-order valence-electron chi connectivity index (χ2n) is 8.54. The number of rotatable bonds is 15. The van der Waals surface area contributed by atoms with Gasteiger partial charge < -0.3 is 15.8 Å². The van der Waals surface area contributed by atoms with Crippen LogP contribution in [-0.2, 0) is 9.53 Å². The first-order valence-corrected chi connectivity index (χ1v) is 11.2. The van der Waals surface area contributed by atoms with Crippen LogP contribution in [0.15, 0.2) is 0 Å². The van der Waals surface area contributed by atoms with Crippen LogP contribution in [0.1, 0.15) is 98.8 Å². The van der Waals surface area contributed by atoms with Gasteiger partial charge in [0.2, 0.25) is 5.91 Å². The molecule has 0 saturated carbocycles. The SMILES string of the molecule is CCCCCCCCN(C(=O)OC(C)(C)C)[C@@H](CN)C(=O)NCCCCCC. The number of hydrogen-bond donors (Lipinski definition) is 2. The van der Waals surface area contributed by atoms with Gasteiger partial charge in [-0.2, -0.15) is 0 Å². The molecular weight excluding hydrogens is 354 g/mol. The number of nitrogens with two attached hydrogens (primary N) is 1. The van der Waals surface area contributed by atoms with Crippen LogP contribution in [-0.4, -0.2) is 48.2 Å². The largest absolute Gasteiger partial charge is 0.444 e. The van der Waals surface area contributed by atoms with Gasteiger partial charge in [0.1, 0.15) is 11.6 Å². The molecule has 0 aliphatic rings. The third kappa shape index (κ3) is 13.0. The molecule has 0 heterocycles. The van der Waals surface area contributed by atoms with Crippen molar-refractivity contribution in [3.8, 4) is 0 Å². The molecule has 1 atom stereocenters. The van der Waals surface area contributed by atoms with Crippen molar-refractivity contribution in [1.29, 1.82) is 0 Å². The van der Waals surface area contributed by atoms with E-state index in [1.807, 2.05) is 20.8 Å². The van der Waals surface area contributed by atoms with Crippen LogP contribution in [0, 0.1) is 0 Å². The highest BCUT2D eigenvalue weighted by Gasteiger charge is 2.31. The van der Waals surface area contributed by atoms with Crippen molar-refractivity contribution >= 4 is 12.0 Å². The van der Waals surface area contributed by atoms with Crippen molar-refractivity contribution in [2.24, 2.45) is 5.73 Å². The molecule has 0 spiro atoms. The third-order valence-electron chi connectivity index (χ3n) is 4.61. The summed E-state index contributed by atoms with van der Waals surface area (Å²) < 4.78 is 5.54. The summed E-state index contributed by atoms with van der Waals surface area (Å²) in [7, 11) is 0. The quantitative estimate of drug-likeness (QED) is 0.394. The minimum absolute atomic E-state index is 0.0931. The lowest BCUT2D eigenvalue weighted by atomic mass is 10.1. The molecule has 0 saturated heterocycles. The fourth-order valence-electron chi connectivity index (χ4n) is 3.01. The number of amides is 2. The highest BCUT2D eigenvalue weighted by atomic mass is 16.6. The molecule has 6 nitrogen and oxygen atoms in total. The fourth-order valence-corrected chi connectivity index (χ4v) is 3.01. The maximum absolute atomic E-state index is 12.7. The first kappa shape index (κ1) is 26.7. The normalized spacial score (nSPS) is 12.5. The zero-order valence-electron chi connectivity index (χ0n) is 19.0. The summed E-state index contributed by atoms with van der Waals surface area (Å²) in [5, 5.41) is 2.94. The Morgan fingerprint density at radius 1 is 0.929 bits per heavy atom. The van der Waals surface area contributed by atoms with E-state index in [9.17, 15) is 9.59 Å². The van der Waals surface area contributed by atoms with Gasteiger partial charge in [-0.1, -0.05) is 65.2 Å². The van der Waals surface area contributed by atoms with E-state index in [-0.39, 0.29) is 12.5 Å². The maximum Gasteiger partial charge on any atom is 0.411 e. The van der Waals surface area contributed by atoms with E-state index in [2.05, 4.69) is 19.2 Å². The van der Waals surface area contributed by atoms with Gasteiger partial charge >= 0.3 is 6.09 Å². The van der Waals surface area contributed by atoms with Crippen LogP contribution >= 0.6 is 0 Å².